The Morgan fingerprint density at radius 1 is 1.12 bits per heavy atom. The highest BCUT2D eigenvalue weighted by molar-refractivity contribution is 4.89. The van der Waals surface area contributed by atoms with Gasteiger partial charge in [-0.25, -0.2) is 0 Å². The lowest BCUT2D eigenvalue weighted by Gasteiger charge is -2.09. The van der Waals surface area contributed by atoms with Gasteiger partial charge < -0.3 is 9.63 Å². The van der Waals surface area contributed by atoms with Crippen molar-refractivity contribution in [3.05, 3.63) is 11.7 Å². The molecule has 0 aliphatic heterocycles. The van der Waals surface area contributed by atoms with E-state index in [1.807, 2.05) is 0 Å². The molecule has 1 atom stereocenters. The van der Waals surface area contributed by atoms with Crippen molar-refractivity contribution in [2.45, 2.75) is 53.1 Å². The lowest BCUT2D eigenvalue weighted by Crippen LogP contribution is -2.13. The molecule has 1 heterocycles. The summed E-state index contributed by atoms with van der Waals surface area (Å²) in [5.74, 6) is 2.28. The van der Waals surface area contributed by atoms with E-state index in [0.717, 1.165) is 18.7 Å². The van der Waals surface area contributed by atoms with Crippen LogP contribution in [0.5, 0.6) is 0 Å². The Morgan fingerprint density at radius 3 is 2.38 bits per heavy atom. The number of nitrogens with zero attached hydrogens (tertiary/aromatic N) is 2. The van der Waals surface area contributed by atoms with E-state index in [0.29, 0.717) is 24.1 Å². The minimum atomic E-state index is -0.382. The molecule has 92 valence electrons. The molecule has 0 amide bonds. The molecule has 0 saturated heterocycles. The molecule has 1 aromatic heterocycles. The summed E-state index contributed by atoms with van der Waals surface area (Å²) in [6, 6.07) is 0. The minimum Gasteiger partial charge on any atom is -0.393 e. The monoisotopic (exact) mass is 226 g/mol. The van der Waals surface area contributed by atoms with Gasteiger partial charge >= 0.3 is 0 Å². The highest BCUT2D eigenvalue weighted by Crippen LogP contribution is 2.11. The molecule has 0 bridgehead atoms. The lowest BCUT2D eigenvalue weighted by atomic mass is 10.0. The average molecular weight is 226 g/mol. The Bertz CT molecular complexity index is 308. The van der Waals surface area contributed by atoms with Crippen LogP contribution in [0, 0.1) is 11.8 Å². The maximum Gasteiger partial charge on any atom is 0.229 e. The van der Waals surface area contributed by atoms with E-state index in [-0.39, 0.29) is 6.10 Å². The Labute approximate surface area is 97.1 Å². The van der Waals surface area contributed by atoms with Crippen molar-refractivity contribution < 1.29 is 9.63 Å². The van der Waals surface area contributed by atoms with Gasteiger partial charge in [-0.1, -0.05) is 32.9 Å². The quantitative estimate of drug-likeness (QED) is 0.808. The molecular formula is C12H22N2O2. The molecule has 1 aromatic rings. The summed E-state index contributed by atoms with van der Waals surface area (Å²) in [6.07, 6.45) is 1.67. The van der Waals surface area contributed by atoms with E-state index in [1.165, 1.54) is 0 Å². The number of aliphatic hydroxyl groups excluding tert-OH is 1. The first-order valence-corrected chi connectivity index (χ1v) is 5.97. The normalized spacial score (nSPS) is 13.7. The SMILES string of the molecule is CC(C)Cc1noc(CC(O)CC(C)C)n1. The van der Waals surface area contributed by atoms with Gasteiger partial charge in [0.1, 0.15) is 0 Å². The predicted octanol–water partition coefficient (Wildman–Crippen LogP) is 2.22. The second-order valence-corrected chi connectivity index (χ2v) is 5.19. The first-order valence-electron chi connectivity index (χ1n) is 5.97. The largest absolute Gasteiger partial charge is 0.393 e. The zero-order valence-corrected chi connectivity index (χ0v) is 10.6. The molecule has 1 N–H and O–H groups in total. The average Bonchev–Trinajstić information content (AvgIpc) is 2.49. The zero-order chi connectivity index (χ0) is 12.1. The molecule has 1 unspecified atom stereocenters. The van der Waals surface area contributed by atoms with Gasteiger partial charge in [0.2, 0.25) is 5.89 Å². The van der Waals surface area contributed by atoms with Gasteiger partial charge in [-0.2, -0.15) is 4.98 Å². The Balaban J connectivity index is 2.45. The molecule has 0 saturated carbocycles. The molecule has 0 aliphatic carbocycles. The van der Waals surface area contributed by atoms with E-state index in [9.17, 15) is 5.11 Å². The molecule has 16 heavy (non-hydrogen) atoms. The summed E-state index contributed by atoms with van der Waals surface area (Å²) in [7, 11) is 0. The van der Waals surface area contributed by atoms with E-state index < -0.39 is 0 Å². The Kier molecular flexibility index (Phi) is 4.93. The van der Waals surface area contributed by atoms with Crippen molar-refractivity contribution in [1.82, 2.24) is 10.1 Å². The number of rotatable bonds is 6. The van der Waals surface area contributed by atoms with Crippen molar-refractivity contribution in [1.29, 1.82) is 0 Å². The van der Waals surface area contributed by atoms with Crippen molar-refractivity contribution in [2.75, 3.05) is 0 Å². The molecule has 4 heteroatoms. The second-order valence-electron chi connectivity index (χ2n) is 5.19. The van der Waals surface area contributed by atoms with E-state index >= 15 is 0 Å². The molecule has 0 radical (unpaired) electrons. The van der Waals surface area contributed by atoms with E-state index in [1.54, 1.807) is 0 Å². The summed E-state index contributed by atoms with van der Waals surface area (Å²) < 4.78 is 5.10. The minimum absolute atomic E-state index is 0.382. The van der Waals surface area contributed by atoms with Crippen LogP contribution in [0.2, 0.25) is 0 Å². The fourth-order valence-electron chi connectivity index (χ4n) is 1.65. The van der Waals surface area contributed by atoms with Crippen LogP contribution < -0.4 is 0 Å². The lowest BCUT2D eigenvalue weighted by molar-refractivity contribution is 0.138. The summed E-state index contributed by atoms with van der Waals surface area (Å²) in [6.45, 7) is 8.40. The fraction of sp³-hybridized carbons (Fsp3) is 0.833. The maximum absolute atomic E-state index is 9.74. The molecule has 4 nitrogen and oxygen atoms in total. The van der Waals surface area contributed by atoms with E-state index in [2.05, 4.69) is 37.8 Å². The summed E-state index contributed by atoms with van der Waals surface area (Å²) >= 11 is 0. The summed E-state index contributed by atoms with van der Waals surface area (Å²) in [4.78, 5) is 4.26. The standard InChI is InChI=1S/C12H22N2O2/c1-8(2)5-10(15)7-12-13-11(14-16-12)6-9(3)4/h8-10,15H,5-7H2,1-4H3. The summed E-state index contributed by atoms with van der Waals surface area (Å²) in [5.41, 5.74) is 0. The van der Waals surface area contributed by atoms with E-state index in [4.69, 9.17) is 4.52 Å². The summed E-state index contributed by atoms with van der Waals surface area (Å²) in [5, 5.41) is 13.6. The number of hydrogen-bond donors (Lipinski definition) is 1. The van der Waals surface area contributed by atoms with Crippen LogP contribution in [0.3, 0.4) is 0 Å². The van der Waals surface area contributed by atoms with Crippen LogP contribution in [0.1, 0.15) is 45.8 Å². The van der Waals surface area contributed by atoms with Gasteiger partial charge in [-0.05, 0) is 18.3 Å². The zero-order valence-electron chi connectivity index (χ0n) is 10.6. The highest BCUT2D eigenvalue weighted by atomic mass is 16.5. The first kappa shape index (κ1) is 13.2. The second kappa shape index (κ2) is 5.99. The molecule has 0 fully saturated rings. The fourth-order valence-corrected chi connectivity index (χ4v) is 1.65. The topological polar surface area (TPSA) is 59.2 Å². The number of hydrogen-bond acceptors (Lipinski definition) is 4. The Morgan fingerprint density at radius 2 is 1.81 bits per heavy atom. The molecule has 0 aromatic carbocycles. The van der Waals surface area contributed by atoms with Crippen LogP contribution in [-0.4, -0.2) is 21.4 Å². The Hall–Kier alpha value is -0.900. The number of aliphatic hydroxyl groups is 1. The smallest absolute Gasteiger partial charge is 0.229 e. The van der Waals surface area contributed by atoms with Gasteiger partial charge in [-0.3, -0.25) is 0 Å². The van der Waals surface area contributed by atoms with Crippen molar-refractivity contribution in [3.8, 4) is 0 Å². The highest BCUT2D eigenvalue weighted by Gasteiger charge is 2.13. The van der Waals surface area contributed by atoms with Crippen LogP contribution in [-0.2, 0) is 12.8 Å². The van der Waals surface area contributed by atoms with Crippen LogP contribution in [0.25, 0.3) is 0 Å². The molecular weight excluding hydrogens is 204 g/mol. The van der Waals surface area contributed by atoms with Gasteiger partial charge in [0, 0.05) is 6.42 Å². The van der Waals surface area contributed by atoms with Crippen molar-refractivity contribution in [3.63, 3.8) is 0 Å². The van der Waals surface area contributed by atoms with Gasteiger partial charge in [0.05, 0.1) is 12.5 Å². The third-order valence-electron chi connectivity index (χ3n) is 2.25. The van der Waals surface area contributed by atoms with Crippen molar-refractivity contribution >= 4 is 0 Å². The molecule has 1 rings (SSSR count). The third kappa shape index (κ3) is 4.75. The van der Waals surface area contributed by atoms with Crippen LogP contribution in [0.4, 0.5) is 0 Å². The van der Waals surface area contributed by atoms with Crippen LogP contribution in [0.15, 0.2) is 4.52 Å². The van der Waals surface area contributed by atoms with Gasteiger partial charge in [0.15, 0.2) is 5.82 Å². The van der Waals surface area contributed by atoms with Gasteiger partial charge in [-0.15, -0.1) is 0 Å². The molecule has 0 aliphatic rings. The van der Waals surface area contributed by atoms with Crippen molar-refractivity contribution in [2.24, 2.45) is 11.8 Å². The van der Waals surface area contributed by atoms with Crippen LogP contribution >= 0.6 is 0 Å². The maximum atomic E-state index is 9.74. The molecule has 0 spiro atoms. The van der Waals surface area contributed by atoms with Gasteiger partial charge in [0.25, 0.3) is 0 Å². The first-order chi connectivity index (χ1) is 7.47. The predicted molar refractivity (Wildman–Crippen MR) is 62.0 cm³/mol. The third-order valence-corrected chi connectivity index (χ3v) is 2.25. The number of aromatic nitrogens is 2.